The van der Waals surface area contributed by atoms with E-state index in [9.17, 15) is 22.8 Å². The van der Waals surface area contributed by atoms with Crippen molar-refractivity contribution in [3.63, 3.8) is 0 Å². The second kappa shape index (κ2) is 9.59. The monoisotopic (exact) mass is 489 g/mol. The van der Waals surface area contributed by atoms with Gasteiger partial charge in [-0.2, -0.15) is 0 Å². The molecule has 1 saturated heterocycles. The van der Waals surface area contributed by atoms with Crippen LogP contribution in [0.15, 0.2) is 58.3 Å². The van der Waals surface area contributed by atoms with E-state index in [4.69, 9.17) is 13.9 Å². The van der Waals surface area contributed by atoms with Crippen molar-refractivity contribution in [2.75, 3.05) is 29.8 Å². The Kier molecular flexibility index (Phi) is 6.59. The molecule has 2 aliphatic rings. The molecule has 3 heterocycles. The number of ether oxygens (including phenoxy) is 2. The molecule has 0 bridgehead atoms. The summed E-state index contributed by atoms with van der Waals surface area (Å²) in [5, 5.41) is 5.09. The molecule has 2 amide bonds. The smallest absolute Gasteiger partial charge is 0.338 e. The number of nitrogens with one attached hydrogen (secondary N) is 2. The molecule has 11 nitrogen and oxygen atoms in total. The van der Waals surface area contributed by atoms with E-state index in [0.29, 0.717) is 24.4 Å². The van der Waals surface area contributed by atoms with Crippen molar-refractivity contribution < 1.29 is 36.7 Å². The molecule has 2 aromatic rings. The molecule has 0 radical (unpaired) electrons. The van der Waals surface area contributed by atoms with E-state index in [0.717, 1.165) is 0 Å². The summed E-state index contributed by atoms with van der Waals surface area (Å²) in [4.78, 5) is 37.6. The number of furan rings is 1. The van der Waals surface area contributed by atoms with Crippen LogP contribution in [0.5, 0.6) is 0 Å². The minimum Gasteiger partial charge on any atom is -0.467 e. The first-order valence-electron chi connectivity index (χ1n) is 10.6. The summed E-state index contributed by atoms with van der Waals surface area (Å²) in [7, 11) is -3.41. The first kappa shape index (κ1) is 23.4. The van der Waals surface area contributed by atoms with Gasteiger partial charge >= 0.3 is 18.0 Å². The average molecular weight is 490 g/mol. The van der Waals surface area contributed by atoms with E-state index < -0.39 is 40.6 Å². The van der Waals surface area contributed by atoms with Gasteiger partial charge in [-0.3, -0.25) is 4.31 Å². The maximum absolute atomic E-state index is 12.7. The van der Waals surface area contributed by atoms with Crippen molar-refractivity contribution in [3.8, 4) is 0 Å². The molecular formula is C22H23N3O8S. The van der Waals surface area contributed by atoms with Crippen molar-refractivity contribution in [3.05, 3.63) is 65.3 Å². The van der Waals surface area contributed by atoms with E-state index in [1.54, 1.807) is 31.2 Å². The summed E-state index contributed by atoms with van der Waals surface area (Å²) in [6.45, 7) is 1.65. The highest BCUT2D eigenvalue weighted by molar-refractivity contribution is 7.93. The third kappa shape index (κ3) is 4.76. The third-order valence-corrected chi connectivity index (χ3v) is 7.16. The normalized spacial score (nSPS) is 19.4. The lowest BCUT2D eigenvalue weighted by molar-refractivity contribution is -0.139. The van der Waals surface area contributed by atoms with Gasteiger partial charge in [0.15, 0.2) is 0 Å². The Morgan fingerprint density at radius 2 is 2.00 bits per heavy atom. The molecule has 1 aromatic carbocycles. The Hall–Kier alpha value is -3.80. The Balaban J connectivity index is 1.57. The Labute approximate surface area is 195 Å². The number of hydrogen-bond acceptors (Lipinski definition) is 8. The molecular weight excluding hydrogens is 466 g/mol. The number of anilines is 1. The van der Waals surface area contributed by atoms with E-state index in [1.807, 2.05) is 0 Å². The third-order valence-electron chi connectivity index (χ3n) is 5.29. The van der Waals surface area contributed by atoms with Crippen molar-refractivity contribution in [1.29, 1.82) is 0 Å². The molecule has 12 heteroatoms. The van der Waals surface area contributed by atoms with Crippen LogP contribution in [0, 0.1) is 0 Å². The number of carbonyl (C=O) groups excluding carboxylic acids is 3. The standard InChI is InChI=1S/C22H23N3O8S/c1-2-31-21(27)18-16(23-22(28)24-19(18)17-8-4-10-32-17)13-33-20(26)14-6-3-7-15(12-14)25-9-5-11-34(25,29)30/h3-4,6-8,10,12,19H,2,5,9,11,13H2,1H3,(H2,23,24,28). The predicted octanol–water partition coefficient (Wildman–Crippen LogP) is 1.85. The van der Waals surface area contributed by atoms with Crippen LogP contribution in [0.1, 0.15) is 35.5 Å². The minimum absolute atomic E-state index is 0.0427. The molecule has 0 saturated carbocycles. The summed E-state index contributed by atoms with van der Waals surface area (Å²) < 4.78 is 41.5. The molecule has 1 fully saturated rings. The highest BCUT2D eigenvalue weighted by Crippen LogP contribution is 2.29. The molecule has 34 heavy (non-hydrogen) atoms. The van der Waals surface area contributed by atoms with Crippen LogP contribution < -0.4 is 14.9 Å². The van der Waals surface area contributed by atoms with Gasteiger partial charge in [0.05, 0.1) is 41.1 Å². The largest absolute Gasteiger partial charge is 0.467 e. The van der Waals surface area contributed by atoms with Crippen molar-refractivity contribution in [1.82, 2.24) is 10.6 Å². The first-order valence-corrected chi connectivity index (χ1v) is 12.2. The molecule has 2 aliphatic heterocycles. The number of nitrogens with zero attached hydrogens (tertiary/aromatic N) is 1. The zero-order chi connectivity index (χ0) is 24.3. The van der Waals surface area contributed by atoms with Gasteiger partial charge in [0.2, 0.25) is 10.0 Å². The van der Waals surface area contributed by atoms with Crippen molar-refractivity contribution in [2.24, 2.45) is 0 Å². The number of carbonyl (C=O) groups is 3. The van der Waals surface area contributed by atoms with Gasteiger partial charge < -0.3 is 24.5 Å². The van der Waals surface area contributed by atoms with Gasteiger partial charge in [0.25, 0.3) is 0 Å². The van der Waals surface area contributed by atoms with Gasteiger partial charge in [0.1, 0.15) is 18.4 Å². The summed E-state index contributed by atoms with van der Waals surface area (Å²) >= 11 is 0. The molecule has 0 aliphatic carbocycles. The quantitative estimate of drug-likeness (QED) is 0.561. The highest BCUT2D eigenvalue weighted by Gasteiger charge is 2.36. The number of esters is 2. The fourth-order valence-electron chi connectivity index (χ4n) is 3.79. The van der Waals surface area contributed by atoms with E-state index in [-0.39, 0.29) is 29.2 Å². The Bertz CT molecular complexity index is 1240. The Morgan fingerprint density at radius 1 is 1.18 bits per heavy atom. The predicted molar refractivity (Wildman–Crippen MR) is 119 cm³/mol. The van der Waals surface area contributed by atoms with E-state index >= 15 is 0 Å². The van der Waals surface area contributed by atoms with Crippen LogP contribution in [0.25, 0.3) is 0 Å². The molecule has 1 unspecified atom stereocenters. The molecule has 4 rings (SSSR count). The van der Waals surface area contributed by atoms with Gasteiger partial charge in [-0.15, -0.1) is 0 Å². The zero-order valence-electron chi connectivity index (χ0n) is 18.3. The number of urea groups is 1. The number of hydrogen-bond donors (Lipinski definition) is 2. The fraction of sp³-hybridized carbons (Fsp3) is 0.318. The molecule has 180 valence electrons. The SMILES string of the molecule is CCOC(=O)C1=C(COC(=O)c2cccc(N3CCCS3(=O)=O)c2)NC(=O)NC1c1ccco1. The maximum Gasteiger partial charge on any atom is 0.338 e. The summed E-state index contributed by atoms with van der Waals surface area (Å²) in [6.07, 6.45) is 1.91. The lowest BCUT2D eigenvalue weighted by atomic mass is 10.0. The number of rotatable bonds is 7. The lowest BCUT2D eigenvalue weighted by Crippen LogP contribution is -2.47. The average Bonchev–Trinajstić information content (AvgIpc) is 3.46. The minimum atomic E-state index is -3.41. The van der Waals surface area contributed by atoms with Gasteiger partial charge in [-0.25, -0.2) is 22.8 Å². The molecule has 1 atom stereocenters. The number of amides is 2. The van der Waals surface area contributed by atoms with Crippen molar-refractivity contribution in [2.45, 2.75) is 19.4 Å². The number of benzene rings is 1. The van der Waals surface area contributed by atoms with E-state index in [2.05, 4.69) is 10.6 Å². The topological polar surface area (TPSA) is 144 Å². The Morgan fingerprint density at radius 3 is 2.68 bits per heavy atom. The van der Waals surface area contributed by atoms with Crippen LogP contribution in [-0.2, 0) is 24.3 Å². The summed E-state index contributed by atoms with van der Waals surface area (Å²) in [5.74, 6) is -1.10. The summed E-state index contributed by atoms with van der Waals surface area (Å²) in [5.41, 5.74) is 0.587. The second-order valence-electron chi connectivity index (χ2n) is 7.53. The van der Waals surface area contributed by atoms with Crippen LogP contribution in [0.3, 0.4) is 0 Å². The van der Waals surface area contributed by atoms with Crippen LogP contribution >= 0.6 is 0 Å². The molecule has 2 N–H and O–H groups in total. The van der Waals surface area contributed by atoms with Gasteiger partial charge in [0, 0.05) is 6.54 Å². The maximum atomic E-state index is 12.7. The van der Waals surface area contributed by atoms with Gasteiger partial charge in [-0.1, -0.05) is 6.07 Å². The van der Waals surface area contributed by atoms with E-state index in [1.165, 1.54) is 22.7 Å². The molecule has 0 spiro atoms. The fourth-order valence-corrected chi connectivity index (χ4v) is 5.35. The summed E-state index contributed by atoms with van der Waals surface area (Å²) in [6, 6.07) is 7.74. The van der Waals surface area contributed by atoms with Gasteiger partial charge in [-0.05, 0) is 43.7 Å². The lowest BCUT2D eigenvalue weighted by Gasteiger charge is -2.27. The van der Waals surface area contributed by atoms with Crippen LogP contribution in [0.4, 0.5) is 10.5 Å². The molecule has 1 aromatic heterocycles. The van der Waals surface area contributed by atoms with Crippen LogP contribution in [0.2, 0.25) is 0 Å². The zero-order valence-corrected chi connectivity index (χ0v) is 19.1. The van der Waals surface area contributed by atoms with Crippen molar-refractivity contribution >= 4 is 33.7 Å². The second-order valence-corrected chi connectivity index (χ2v) is 9.54. The highest BCUT2D eigenvalue weighted by atomic mass is 32.2. The number of sulfonamides is 1. The van der Waals surface area contributed by atoms with Crippen LogP contribution in [-0.4, -0.2) is 51.9 Å². The first-order chi connectivity index (χ1) is 16.3.